The lowest BCUT2D eigenvalue weighted by Gasteiger charge is -2.19. The van der Waals surface area contributed by atoms with Gasteiger partial charge in [-0.1, -0.05) is 17.7 Å². The quantitative estimate of drug-likeness (QED) is 0.909. The Morgan fingerprint density at radius 2 is 1.96 bits per heavy atom. The third kappa shape index (κ3) is 3.49. The number of hydrogen-bond donors (Lipinski definition) is 1. The van der Waals surface area contributed by atoms with Gasteiger partial charge in [0.15, 0.2) is 0 Å². The summed E-state index contributed by atoms with van der Waals surface area (Å²) >= 11 is 0. The van der Waals surface area contributed by atoms with Gasteiger partial charge in [-0.2, -0.15) is 0 Å². The first-order chi connectivity index (χ1) is 11.6. The number of aromatic hydroxyl groups is 1. The average molecular weight is 327 g/mol. The van der Waals surface area contributed by atoms with Crippen LogP contribution in [0.25, 0.3) is 0 Å². The van der Waals surface area contributed by atoms with Crippen LogP contribution in [0.5, 0.6) is 17.2 Å². The van der Waals surface area contributed by atoms with E-state index in [-0.39, 0.29) is 0 Å². The minimum atomic E-state index is 0.378. The lowest BCUT2D eigenvalue weighted by Crippen LogP contribution is -2.20. The molecule has 1 N–H and O–H groups in total. The molecule has 4 heteroatoms. The van der Waals surface area contributed by atoms with Crippen LogP contribution in [0.15, 0.2) is 36.4 Å². The van der Waals surface area contributed by atoms with Crippen LogP contribution < -0.4 is 9.47 Å². The topological polar surface area (TPSA) is 41.9 Å². The SMILES string of the molecule is COc1ccc(OC)c([C@@H]2CCN(Cc3cc(C)ccc3O)C2)c1. The fourth-order valence-corrected chi connectivity index (χ4v) is 3.47. The molecule has 0 aromatic heterocycles. The van der Waals surface area contributed by atoms with E-state index in [4.69, 9.17) is 9.47 Å². The zero-order valence-corrected chi connectivity index (χ0v) is 14.6. The molecule has 3 rings (SSSR count). The molecule has 0 bridgehead atoms. The van der Waals surface area contributed by atoms with Crippen LogP contribution in [-0.2, 0) is 6.54 Å². The predicted molar refractivity (Wildman–Crippen MR) is 95.0 cm³/mol. The van der Waals surface area contributed by atoms with Crippen molar-refractivity contribution in [3.63, 3.8) is 0 Å². The van der Waals surface area contributed by atoms with Crippen molar-refractivity contribution in [1.29, 1.82) is 0 Å². The van der Waals surface area contributed by atoms with E-state index in [0.29, 0.717) is 11.7 Å². The average Bonchev–Trinajstić information content (AvgIpc) is 3.06. The van der Waals surface area contributed by atoms with E-state index < -0.39 is 0 Å². The molecule has 0 amide bonds. The van der Waals surface area contributed by atoms with Crippen LogP contribution in [-0.4, -0.2) is 37.3 Å². The number of likely N-dealkylation sites (tertiary alicyclic amines) is 1. The summed E-state index contributed by atoms with van der Waals surface area (Å²) in [6.07, 6.45) is 1.08. The van der Waals surface area contributed by atoms with Crippen molar-refractivity contribution in [1.82, 2.24) is 4.90 Å². The summed E-state index contributed by atoms with van der Waals surface area (Å²) in [5.41, 5.74) is 3.37. The first-order valence-electron chi connectivity index (χ1n) is 8.33. The van der Waals surface area contributed by atoms with Gasteiger partial charge < -0.3 is 14.6 Å². The zero-order chi connectivity index (χ0) is 17.1. The first-order valence-corrected chi connectivity index (χ1v) is 8.33. The Labute approximate surface area is 143 Å². The van der Waals surface area contributed by atoms with Crippen molar-refractivity contribution in [3.8, 4) is 17.2 Å². The lowest BCUT2D eigenvalue weighted by molar-refractivity contribution is 0.318. The molecule has 2 aromatic rings. The molecule has 1 aliphatic rings. The molecule has 0 unspecified atom stereocenters. The summed E-state index contributed by atoms with van der Waals surface area (Å²) < 4.78 is 10.9. The van der Waals surface area contributed by atoms with E-state index in [1.165, 1.54) is 11.1 Å². The molecule has 1 aliphatic heterocycles. The molecule has 4 nitrogen and oxygen atoms in total. The molecule has 1 saturated heterocycles. The summed E-state index contributed by atoms with van der Waals surface area (Å²) in [5.74, 6) is 2.58. The largest absolute Gasteiger partial charge is 0.508 e. The Balaban J connectivity index is 1.74. The Hall–Kier alpha value is -2.20. The van der Waals surface area contributed by atoms with Crippen molar-refractivity contribution >= 4 is 0 Å². The Kier molecular flexibility index (Phi) is 4.95. The van der Waals surface area contributed by atoms with E-state index in [9.17, 15) is 5.11 Å². The smallest absolute Gasteiger partial charge is 0.122 e. The maximum Gasteiger partial charge on any atom is 0.122 e. The number of ether oxygens (including phenoxy) is 2. The van der Waals surface area contributed by atoms with Crippen LogP contribution >= 0.6 is 0 Å². The molecule has 2 aromatic carbocycles. The van der Waals surface area contributed by atoms with Crippen molar-refractivity contribution in [2.24, 2.45) is 0 Å². The van der Waals surface area contributed by atoms with Crippen LogP contribution in [0, 0.1) is 6.92 Å². The Morgan fingerprint density at radius 3 is 2.71 bits per heavy atom. The molecule has 1 atom stereocenters. The summed E-state index contributed by atoms with van der Waals surface area (Å²) in [6, 6.07) is 11.8. The summed E-state index contributed by atoms with van der Waals surface area (Å²) in [7, 11) is 3.40. The van der Waals surface area contributed by atoms with Crippen LogP contribution in [0.1, 0.15) is 29.0 Å². The van der Waals surface area contributed by atoms with Crippen LogP contribution in [0.4, 0.5) is 0 Å². The van der Waals surface area contributed by atoms with E-state index in [2.05, 4.69) is 24.0 Å². The number of aryl methyl sites for hydroxylation is 1. The second kappa shape index (κ2) is 7.14. The Bertz CT molecular complexity index is 714. The zero-order valence-electron chi connectivity index (χ0n) is 14.6. The minimum absolute atomic E-state index is 0.378. The molecular formula is C20H25NO3. The summed E-state index contributed by atoms with van der Waals surface area (Å²) in [5, 5.41) is 10.1. The molecule has 0 spiro atoms. The maximum absolute atomic E-state index is 10.1. The molecule has 1 fully saturated rings. The van der Waals surface area contributed by atoms with Gasteiger partial charge in [-0.05, 0) is 44.2 Å². The normalized spacial score (nSPS) is 17.9. The highest BCUT2D eigenvalue weighted by Crippen LogP contribution is 2.36. The van der Waals surface area contributed by atoms with Crippen LogP contribution in [0.3, 0.4) is 0 Å². The fraction of sp³-hybridized carbons (Fsp3) is 0.400. The second-order valence-corrected chi connectivity index (χ2v) is 6.46. The van der Waals surface area contributed by atoms with Gasteiger partial charge in [0, 0.05) is 30.1 Å². The molecule has 128 valence electrons. The highest BCUT2D eigenvalue weighted by atomic mass is 16.5. The number of phenolic OH excluding ortho intramolecular Hbond substituents is 1. The van der Waals surface area contributed by atoms with Gasteiger partial charge in [0.05, 0.1) is 14.2 Å². The number of hydrogen-bond acceptors (Lipinski definition) is 4. The number of rotatable bonds is 5. The monoisotopic (exact) mass is 327 g/mol. The summed E-state index contributed by atoms with van der Waals surface area (Å²) in [6.45, 7) is 4.79. The number of methoxy groups -OCH3 is 2. The molecule has 24 heavy (non-hydrogen) atoms. The molecule has 0 radical (unpaired) electrons. The molecule has 0 saturated carbocycles. The fourth-order valence-electron chi connectivity index (χ4n) is 3.47. The van der Waals surface area contributed by atoms with Gasteiger partial charge in [0.1, 0.15) is 17.2 Å². The van der Waals surface area contributed by atoms with E-state index in [0.717, 1.165) is 43.1 Å². The second-order valence-electron chi connectivity index (χ2n) is 6.46. The molecule has 1 heterocycles. The van der Waals surface area contributed by atoms with Crippen molar-refractivity contribution in [3.05, 3.63) is 53.1 Å². The van der Waals surface area contributed by atoms with Crippen molar-refractivity contribution in [2.45, 2.75) is 25.8 Å². The Morgan fingerprint density at radius 1 is 1.12 bits per heavy atom. The van der Waals surface area contributed by atoms with Crippen molar-refractivity contribution in [2.75, 3.05) is 27.3 Å². The van der Waals surface area contributed by atoms with Gasteiger partial charge in [0.25, 0.3) is 0 Å². The van der Waals surface area contributed by atoms with Gasteiger partial charge in [-0.3, -0.25) is 4.90 Å². The number of benzene rings is 2. The number of phenols is 1. The molecule has 0 aliphatic carbocycles. The van der Waals surface area contributed by atoms with Crippen LogP contribution in [0.2, 0.25) is 0 Å². The van der Waals surface area contributed by atoms with E-state index >= 15 is 0 Å². The van der Waals surface area contributed by atoms with Gasteiger partial charge in [-0.15, -0.1) is 0 Å². The molecular weight excluding hydrogens is 302 g/mol. The highest BCUT2D eigenvalue weighted by Gasteiger charge is 2.27. The van der Waals surface area contributed by atoms with Gasteiger partial charge >= 0.3 is 0 Å². The van der Waals surface area contributed by atoms with Gasteiger partial charge in [0.2, 0.25) is 0 Å². The standard InChI is InChI=1S/C20H25NO3/c1-14-4-6-19(22)16(10-14)13-21-9-8-15(12-21)18-11-17(23-2)5-7-20(18)24-3/h4-7,10-11,15,22H,8-9,12-13H2,1-3H3/t15-/m1/s1. The lowest BCUT2D eigenvalue weighted by atomic mass is 9.97. The minimum Gasteiger partial charge on any atom is -0.508 e. The van der Waals surface area contributed by atoms with E-state index in [1.54, 1.807) is 20.3 Å². The first kappa shape index (κ1) is 16.7. The highest BCUT2D eigenvalue weighted by molar-refractivity contribution is 5.43. The van der Waals surface area contributed by atoms with E-state index in [1.807, 2.05) is 18.2 Å². The predicted octanol–water partition coefficient (Wildman–Crippen LogP) is 3.71. The summed E-state index contributed by atoms with van der Waals surface area (Å²) in [4.78, 5) is 2.39. The third-order valence-electron chi connectivity index (χ3n) is 4.78. The maximum atomic E-state index is 10.1. The van der Waals surface area contributed by atoms with Gasteiger partial charge in [-0.25, -0.2) is 0 Å². The number of nitrogens with zero attached hydrogens (tertiary/aromatic N) is 1. The van der Waals surface area contributed by atoms with Crippen molar-refractivity contribution < 1.29 is 14.6 Å². The third-order valence-corrected chi connectivity index (χ3v) is 4.78.